The molecule has 0 radical (unpaired) electrons. The van der Waals surface area contributed by atoms with E-state index in [0.717, 1.165) is 56.3 Å². The second kappa shape index (κ2) is 10.2. The van der Waals surface area contributed by atoms with E-state index in [1.165, 1.54) is 6.42 Å². The van der Waals surface area contributed by atoms with Gasteiger partial charge in [0.15, 0.2) is 0 Å². The molecule has 2 aromatic rings. The molecule has 1 saturated carbocycles. The maximum atomic E-state index is 12.9. The van der Waals surface area contributed by atoms with Crippen molar-refractivity contribution >= 4 is 11.7 Å². The summed E-state index contributed by atoms with van der Waals surface area (Å²) in [6.45, 7) is 4.14. The average molecular weight is 409 g/mol. The molecule has 0 unspecified atom stereocenters. The van der Waals surface area contributed by atoms with Gasteiger partial charge in [-0.2, -0.15) is 5.26 Å². The molecule has 0 aliphatic heterocycles. The zero-order valence-electron chi connectivity index (χ0n) is 18.0. The predicted octanol–water partition coefficient (Wildman–Crippen LogP) is 5.15. The minimum absolute atomic E-state index is 0.258. The second-order valence-electron chi connectivity index (χ2n) is 8.35. The standard InChI is InChI=1S/C23H32N6O/c1-3-4-15-20(16-24)29-17-21(27-28-29)23(2,18-11-7-5-8-12-18)26-22(30)25-19-13-9-6-10-14-19/h6,9-10,13-14,17-18,20H,3-5,7-8,11-12,15H2,1-2H3,(H2,25,26,30)/t20-,23-/m0/s1. The van der Waals surface area contributed by atoms with Crippen LogP contribution in [0.4, 0.5) is 10.5 Å². The molecule has 0 spiro atoms. The normalized spacial score (nSPS) is 17.5. The first-order chi connectivity index (χ1) is 14.6. The van der Waals surface area contributed by atoms with E-state index in [-0.39, 0.29) is 18.0 Å². The molecule has 1 aliphatic carbocycles. The van der Waals surface area contributed by atoms with Crippen LogP contribution in [0.5, 0.6) is 0 Å². The van der Waals surface area contributed by atoms with Gasteiger partial charge < -0.3 is 10.6 Å². The van der Waals surface area contributed by atoms with Gasteiger partial charge in [0.1, 0.15) is 11.7 Å². The topological polar surface area (TPSA) is 95.6 Å². The van der Waals surface area contributed by atoms with Crippen LogP contribution in [0.1, 0.15) is 76.9 Å². The highest BCUT2D eigenvalue weighted by Crippen LogP contribution is 2.38. The minimum Gasteiger partial charge on any atom is -0.327 e. The molecule has 1 heterocycles. The third kappa shape index (κ3) is 5.18. The first-order valence-corrected chi connectivity index (χ1v) is 11.0. The van der Waals surface area contributed by atoms with Gasteiger partial charge in [-0.15, -0.1) is 5.10 Å². The molecule has 0 bridgehead atoms. The van der Waals surface area contributed by atoms with Crippen LogP contribution in [0, 0.1) is 17.2 Å². The van der Waals surface area contributed by atoms with Crippen molar-refractivity contribution in [2.24, 2.45) is 5.92 Å². The Morgan fingerprint density at radius 3 is 2.70 bits per heavy atom. The molecular weight excluding hydrogens is 376 g/mol. The van der Waals surface area contributed by atoms with Crippen LogP contribution >= 0.6 is 0 Å². The van der Waals surface area contributed by atoms with Crippen molar-refractivity contribution in [2.75, 3.05) is 5.32 Å². The molecule has 1 aromatic heterocycles. The van der Waals surface area contributed by atoms with Gasteiger partial charge in [-0.1, -0.05) is 62.4 Å². The zero-order valence-corrected chi connectivity index (χ0v) is 18.0. The van der Waals surface area contributed by atoms with Crippen molar-refractivity contribution in [1.82, 2.24) is 20.3 Å². The zero-order chi connectivity index (χ0) is 21.4. The number of nitriles is 1. The molecule has 7 nitrogen and oxygen atoms in total. The Balaban J connectivity index is 1.83. The Hall–Kier alpha value is -2.88. The van der Waals surface area contributed by atoms with E-state index in [4.69, 9.17) is 0 Å². The molecule has 7 heteroatoms. The minimum atomic E-state index is -0.651. The van der Waals surface area contributed by atoms with Crippen LogP contribution in [0.25, 0.3) is 0 Å². The Bertz CT molecular complexity index is 852. The highest BCUT2D eigenvalue weighted by Gasteiger charge is 2.40. The SMILES string of the molecule is CCCC[C@@H](C#N)n1cc([C@@](C)(NC(=O)Nc2ccccc2)C2CCCCC2)nn1. The van der Waals surface area contributed by atoms with Crippen LogP contribution in [0.3, 0.4) is 0 Å². The van der Waals surface area contributed by atoms with Crippen molar-refractivity contribution in [2.45, 2.75) is 76.8 Å². The number of urea groups is 1. The van der Waals surface area contributed by atoms with E-state index >= 15 is 0 Å². The molecule has 3 rings (SSSR count). The van der Waals surface area contributed by atoms with Gasteiger partial charge >= 0.3 is 6.03 Å². The number of benzene rings is 1. The van der Waals surface area contributed by atoms with Crippen LogP contribution in [-0.2, 0) is 5.54 Å². The number of carbonyl (C=O) groups is 1. The van der Waals surface area contributed by atoms with Gasteiger partial charge in [-0.05, 0) is 44.2 Å². The number of unbranched alkanes of at least 4 members (excludes halogenated alkanes) is 1. The largest absolute Gasteiger partial charge is 0.327 e. The van der Waals surface area contributed by atoms with Gasteiger partial charge in [-0.25, -0.2) is 9.48 Å². The number of amides is 2. The van der Waals surface area contributed by atoms with E-state index in [0.29, 0.717) is 0 Å². The van der Waals surface area contributed by atoms with Crippen LogP contribution in [0.2, 0.25) is 0 Å². The summed E-state index contributed by atoms with van der Waals surface area (Å²) in [5, 5.41) is 24.4. The summed E-state index contributed by atoms with van der Waals surface area (Å²) in [5.41, 5.74) is 0.811. The smallest absolute Gasteiger partial charge is 0.319 e. The van der Waals surface area contributed by atoms with E-state index in [9.17, 15) is 10.1 Å². The molecule has 160 valence electrons. The first-order valence-electron chi connectivity index (χ1n) is 11.0. The van der Waals surface area contributed by atoms with Crippen molar-refractivity contribution in [1.29, 1.82) is 5.26 Å². The van der Waals surface area contributed by atoms with Crippen LogP contribution < -0.4 is 10.6 Å². The molecule has 1 aliphatic rings. The highest BCUT2D eigenvalue weighted by molar-refractivity contribution is 5.89. The third-order valence-corrected chi connectivity index (χ3v) is 6.17. The van der Waals surface area contributed by atoms with E-state index in [2.05, 4.69) is 33.9 Å². The first kappa shape index (κ1) is 21.8. The number of nitrogens with one attached hydrogen (secondary N) is 2. The fourth-order valence-electron chi connectivity index (χ4n) is 4.30. The summed E-state index contributed by atoms with van der Waals surface area (Å²) >= 11 is 0. The molecule has 2 N–H and O–H groups in total. The number of aromatic nitrogens is 3. The van der Waals surface area contributed by atoms with E-state index in [1.54, 1.807) is 4.68 Å². The number of rotatable bonds is 8. The molecule has 1 fully saturated rings. The number of anilines is 1. The van der Waals surface area contributed by atoms with Crippen molar-refractivity contribution < 1.29 is 4.79 Å². The van der Waals surface area contributed by atoms with Gasteiger partial charge in [0.25, 0.3) is 0 Å². The maximum Gasteiger partial charge on any atom is 0.319 e. The lowest BCUT2D eigenvalue weighted by Crippen LogP contribution is -2.51. The number of hydrogen-bond acceptors (Lipinski definition) is 4. The van der Waals surface area contributed by atoms with Crippen molar-refractivity contribution in [3.05, 3.63) is 42.2 Å². The molecule has 1 aromatic carbocycles. The van der Waals surface area contributed by atoms with Crippen molar-refractivity contribution in [3.8, 4) is 6.07 Å². The average Bonchev–Trinajstić information content (AvgIpc) is 3.26. The predicted molar refractivity (Wildman–Crippen MR) is 117 cm³/mol. The molecule has 0 saturated heterocycles. The monoisotopic (exact) mass is 408 g/mol. The van der Waals surface area contributed by atoms with E-state index in [1.807, 2.05) is 43.5 Å². The fourth-order valence-corrected chi connectivity index (χ4v) is 4.30. The summed E-state index contributed by atoms with van der Waals surface area (Å²) in [6.07, 6.45) is 10.2. The second-order valence-corrected chi connectivity index (χ2v) is 8.35. The van der Waals surface area contributed by atoms with Crippen LogP contribution in [-0.4, -0.2) is 21.0 Å². The molecular formula is C23H32N6O. The summed E-state index contributed by atoms with van der Waals surface area (Å²) in [5.74, 6) is 0.272. The Labute approximate surface area is 178 Å². The number of hydrogen-bond donors (Lipinski definition) is 2. The van der Waals surface area contributed by atoms with Gasteiger partial charge in [-0.3, -0.25) is 0 Å². The quantitative estimate of drug-likeness (QED) is 0.631. The number of nitrogens with zero attached hydrogens (tertiary/aromatic N) is 4. The highest BCUT2D eigenvalue weighted by atomic mass is 16.2. The lowest BCUT2D eigenvalue weighted by Gasteiger charge is -2.39. The Morgan fingerprint density at radius 2 is 2.03 bits per heavy atom. The van der Waals surface area contributed by atoms with Crippen molar-refractivity contribution in [3.63, 3.8) is 0 Å². The number of para-hydroxylation sites is 1. The molecule has 2 amide bonds. The molecule has 30 heavy (non-hydrogen) atoms. The third-order valence-electron chi connectivity index (χ3n) is 6.17. The molecule has 2 atom stereocenters. The Morgan fingerprint density at radius 1 is 1.30 bits per heavy atom. The summed E-state index contributed by atoms with van der Waals surface area (Å²) in [6, 6.07) is 11.2. The van der Waals surface area contributed by atoms with Gasteiger partial charge in [0, 0.05) is 5.69 Å². The Kier molecular flexibility index (Phi) is 7.45. The maximum absolute atomic E-state index is 12.9. The summed E-state index contributed by atoms with van der Waals surface area (Å²) in [4.78, 5) is 12.9. The van der Waals surface area contributed by atoms with Crippen LogP contribution in [0.15, 0.2) is 36.5 Å². The summed E-state index contributed by atoms with van der Waals surface area (Å²) < 4.78 is 1.66. The van der Waals surface area contributed by atoms with E-state index < -0.39 is 5.54 Å². The van der Waals surface area contributed by atoms with Gasteiger partial charge in [0.2, 0.25) is 0 Å². The number of carbonyl (C=O) groups excluding carboxylic acids is 1. The lowest BCUT2D eigenvalue weighted by atomic mass is 9.74. The van der Waals surface area contributed by atoms with Gasteiger partial charge in [0.05, 0.1) is 17.8 Å². The summed E-state index contributed by atoms with van der Waals surface area (Å²) in [7, 11) is 0. The lowest BCUT2D eigenvalue weighted by molar-refractivity contribution is 0.174. The fraction of sp³-hybridized carbons (Fsp3) is 0.565.